The molecule has 1 aromatic carbocycles. The van der Waals surface area contributed by atoms with Crippen LogP contribution in [0.5, 0.6) is 5.75 Å². The SMILES string of the molecule is COc1ccc(-c2cc3cc(-c4csc(C=O)c4)cnc3[nH]2)cc1. The molecule has 0 aliphatic rings. The van der Waals surface area contributed by atoms with Crippen molar-refractivity contribution in [1.29, 1.82) is 0 Å². The van der Waals surface area contributed by atoms with Crippen molar-refractivity contribution in [1.82, 2.24) is 9.97 Å². The van der Waals surface area contributed by atoms with Crippen LogP contribution in [0.1, 0.15) is 9.67 Å². The van der Waals surface area contributed by atoms with E-state index in [-0.39, 0.29) is 0 Å². The molecule has 0 aliphatic carbocycles. The minimum atomic E-state index is 0.720. The van der Waals surface area contributed by atoms with Gasteiger partial charge >= 0.3 is 0 Å². The number of methoxy groups -OCH3 is 1. The lowest BCUT2D eigenvalue weighted by atomic mass is 10.1. The van der Waals surface area contributed by atoms with Crippen molar-refractivity contribution in [2.75, 3.05) is 7.11 Å². The smallest absolute Gasteiger partial charge is 0.160 e. The number of rotatable bonds is 4. The number of aldehydes is 1. The quantitative estimate of drug-likeness (QED) is 0.546. The van der Waals surface area contributed by atoms with Gasteiger partial charge in [-0.05, 0) is 59.0 Å². The second-order valence-corrected chi connectivity index (χ2v) is 6.37. The number of hydrogen-bond donors (Lipinski definition) is 1. The van der Waals surface area contributed by atoms with Gasteiger partial charge in [0.25, 0.3) is 0 Å². The van der Waals surface area contributed by atoms with Crippen molar-refractivity contribution in [2.24, 2.45) is 0 Å². The van der Waals surface area contributed by atoms with Gasteiger partial charge in [0.1, 0.15) is 11.4 Å². The van der Waals surface area contributed by atoms with Crippen LogP contribution in [-0.4, -0.2) is 23.4 Å². The third-order valence-corrected chi connectivity index (χ3v) is 4.80. The lowest BCUT2D eigenvalue weighted by molar-refractivity contribution is 0.112. The van der Waals surface area contributed by atoms with Gasteiger partial charge in [0, 0.05) is 22.8 Å². The molecule has 24 heavy (non-hydrogen) atoms. The summed E-state index contributed by atoms with van der Waals surface area (Å²) in [5.74, 6) is 0.832. The molecule has 0 atom stereocenters. The predicted octanol–water partition coefficient (Wildman–Crippen LogP) is 4.78. The van der Waals surface area contributed by atoms with E-state index in [0.29, 0.717) is 0 Å². The Morgan fingerprint density at radius 1 is 1.08 bits per heavy atom. The highest BCUT2D eigenvalue weighted by molar-refractivity contribution is 7.12. The summed E-state index contributed by atoms with van der Waals surface area (Å²) in [5, 5.41) is 3.01. The average molecular weight is 334 g/mol. The second kappa shape index (κ2) is 5.94. The number of carbonyl (C=O) groups is 1. The van der Waals surface area contributed by atoms with Crippen LogP contribution in [0.25, 0.3) is 33.4 Å². The second-order valence-electron chi connectivity index (χ2n) is 5.43. The van der Waals surface area contributed by atoms with E-state index in [4.69, 9.17) is 4.74 Å². The van der Waals surface area contributed by atoms with Gasteiger partial charge in [-0.25, -0.2) is 4.98 Å². The van der Waals surface area contributed by atoms with Gasteiger partial charge in [-0.1, -0.05) is 0 Å². The Bertz CT molecular complexity index is 1020. The molecule has 0 saturated heterocycles. The zero-order valence-corrected chi connectivity index (χ0v) is 13.8. The maximum absolute atomic E-state index is 10.9. The fraction of sp³-hybridized carbons (Fsp3) is 0.0526. The lowest BCUT2D eigenvalue weighted by Gasteiger charge is -2.00. The molecule has 0 amide bonds. The van der Waals surface area contributed by atoms with Crippen LogP contribution in [0.2, 0.25) is 0 Å². The third kappa shape index (κ3) is 2.59. The predicted molar refractivity (Wildman–Crippen MR) is 96.8 cm³/mol. The number of H-pyrrole nitrogens is 1. The normalized spacial score (nSPS) is 10.9. The molecule has 0 bridgehead atoms. The van der Waals surface area contributed by atoms with E-state index in [1.165, 1.54) is 11.3 Å². The Hall–Kier alpha value is -2.92. The summed E-state index contributed by atoms with van der Waals surface area (Å²) in [4.78, 5) is 19.4. The summed E-state index contributed by atoms with van der Waals surface area (Å²) in [6.45, 7) is 0. The van der Waals surface area contributed by atoms with Gasteiger partial charge in [-0.3, -0.25) is 4.79 Å². The number of carbonyl (C=O) groups excluding carboxylic acids is 1. The van der Waals surface area contributed by atoms with E-state index in [1.54, 1.807) is 7.11 Å². The molecule has 4 nitrogen and oxygen atoms in total. The van der Waals surface area contributed by atoms with Crippen molar-refractivity contribution in [2.45, 2.75) is 0 Å². The van der Waals surface area contributed by atoms with Gasteiger partial charge in [0.15, 0.2) is 6.29 Å². The Morgan fingerprint density at radius 3 is 2.62 bits per heavy atom. The number of benzene rings is 1. The number of aromatic nitrogens is 2. The number of pyridine rings is 1. The molecule has 5 heteroatoms. The summed E-state index contributed by atoms with van der Waals surface area (Å²) in [7, 11) is 1.66. The van der Waals surface area contributed by atoms with Crippen LogP contribution in [0.3, 0.4) is 0 Å². The van der Waals surface area contributed by atoms with Gasteiger partial charge in [0.2, 0.25) is 0 Å². The first-order valence-corrected chi connectivity index (χ1v) is 8.32. The van der Waals surface area contributed by atoms with Crippen LogP contribution in [0, 0.1) is 0 Å². The molecular weight excluding hydrogens is 320 g/mol. The van der Waals surface area contributed by atoms with Gasteiger partial charge in [0.05, 0.1) is 12.0 Å². The fourth-order valence-electron chi connectivity index (χ4n) is 2.67. The van der Waals surface area contributed by atoms with Gasteiger partial charge < -0.3 is 9.72 Å². The fourth-order valence-corrected chi connectivity index (χ4v) is 3.38. The van der Waals surface area contributed by atoms with Crippen molar-refractivity contribution in [3.63, 3.8) is 0 Å². The highest BCUT2D eigenvalue weighted by atomic mass is 32.1. The van der Waals surface area contributed by atoms with E-state index < -0.39 is 0 Å². The summed E-state index contributed by atoms with van der Waals surface area (Å²) in [6, 6.07) is 14.0. The number of hydrogen-bond acceptors (Lipinski definition) is 4. The van der Waals surface area contributed by atoms with Crippen LogP contribution < -0.4 is 4.74 Å². The standard InChI is InChI=1S/C19H14N2O2S/c1-23-16-4-2-12(3-5-16)18-8-13-6-14(9-20-19(13)21-18)15-7-17(10-22)24-11-15/h2-11H,1H3,(H,20,21). The molecule has 0 spiro atoms. The molecule has 3 heterocycles. The molecule has 4 rings (SSSR count). The largest absolute Gasteiger partial charge is 0.497 e. The van der Waals surface area contributed by atoms with E-state index in [1.807, 2.05) is 41.9 Å². The van der Waals surface area contributed by atoms with Crippen LogP contribution in [0.15, 0.2) is 54.0 Å². The molecule has 0 fully saturated rings. The van der Waals surface area contributed by atoms with Gasteiger partial charge in [-0.15, -0.1) is 11.3 Å². The molecule has 0 aliphatic heterocycles. The number of aromatic amines is 1. The van der Waals surface area contributed by atoms with E-state index in [0.717, 1.165) is 50.3 Å². The van der Waals surface area contributed by atoms with Crippen LogP contribution in [0.4, 0.5) is 0 Å². The highest BCUT2D eigenvalue weighted by Crippen LogP contribution is 2.29. The molecule has 0 saturated carbocycles. The first-order valence-electron chi connectivity index (χ1n) is 7.44. The summed E-state index contributed by atoms with van der Waals surface area (Å²) in [6.07, 6.45) is 2.70. The number of ether oxygens (including phenoxy) is 1. The first-order chi connectivity index (χ1) is 11.8. The summed E-state index contributed by atoms with van der Waals surface area (Å²) in [5.41, 5.74) is 4.96. The third-order valence-electron chi connectivity index (χ3n) is 3.94. The minimum Gasteiger partial charge on any atom is -0.497 e. The number of thiophene rings is 1. The van der Waals surface area contributed by atoms with E-state index in [9.17, 15) is 4.79 Å². The van der Waals surface area contributed by atoms with Crippen molar-refractivity contribution < 1.29 is 9.53 Å². The maximum atomic E-state index is 10.9. The van der Waals surface area contributed by atoms with E-state index >= 15 is 0 Å². The van der Waals surface area contributed by atoms with Crippen LogP contribution in [-0.2, 0) is 0 Å². The Morgan fingerprint density at radius 2 is 1.92 bits per heavy atom. The number of fused-ring (bicyclic) bond motifs is 1. The van der Waals surface area contributed by atoms with Gasteiger partial charge in [-0.2, -0.15) is 0 Å². The van der Waals surface area contributed by atoms with Crippen molar-refractivity contribution >= 4 is 28.7 Å². The monoisotopic (exact) mass is 334 g/mol. The topological polar surface area (TPSA) is 55.0 Å². The lowest BCUT2D eigenvalue weighted by Crippen LogP contribution is -1.82. The highest BCUT2D eigenvalue weighted by Gasteiger charge is 2.08. The number of nitrogens with zero attached hydrogens (tertiary/aromatic N) is 1. The Labute approximate surface area is 142 Å². The zero-order valence-electron chi connectivity index (χ0n) is 12.9. The summed E-state index contributed by atoms with van der Waals surface area (Å²) < 4.78 is 5.19. The molecule has 0 radical (unpaired) electrons. The minimum absolute atomic E-state index is 0.720. The summed E-state index contributed by atoms with van der Waals surface area (Å²) >= 11 is 1.44. The van der Waals surface area contributed by atoms with Crippen LogP contribution >= 0.6 is 11.3 Å². The van der Waals surface area contributed by atoms with Crippen molar-refractivity contribution in [3.8, 4) is 28.1 Å². The Balaban J connectivity index is 1.73. The van der Waals surface area contributed by atoms with Crippen molar-refractivity contribution in [3.05, 3.63) is 58.9 Å². The maximum Gasteiger partial charge on any atom is 0.160 e. The van der Waals surface area contributed by atoms with E-state index in [2.05, 4.69) is 22.1 Å². The molecular formula is C19H14N2O2S. The molecule has 1 N–H and O–H groups in total. The molecule has 3 aromatic heterocycles. The molecule has 4 aromatic rings. The molecule has 0 unspecified atom stereocenters. The average Bonchev–Trinajstić information content (AvgIpc) is 3.27. The number of nitrogens with one attached hydrogen (secondary N) is 1. The first kappa shape index (κ1) is 14.7. The zero-order chi connectivity index (χ0) is 16.5. The Kier molecular flexibility index (Phi) is 3.63. The molecule has 118 valence electrons.